The molecule has 7 heteroatoms. The number of pyridine rings is 1. The quantitative estimate of drug-likeness (QED) is 0.436. The third-order valence-electron chi connectivity index (χ3n) is 6.42. The van der Waals surface area contributed by atoms with Crippen molar-refractivity contribution < 1.29 is 4.79 Å². The van der Waals surface area contributed by atoms with Crippen LogP contribution < -0.4 is 20.4 Å². The van der Waals surface area contributed by atoms with E-state index in [2.05, 4.69) is 83.9 Å². The van der Waals surface area contributed by atoms with Crippen molar-refractivity contribution in [2.75, 3.05) is 36.0 Å². The number of nitrogens with zero attached hydrogens (tertiary/aromatic N) is 4. The van der Waals surface area contributed by atoms with Crippen LogP contribution in [0.5, 0.6) is 0 Å². The Morgan fingerprint density at radius 1 is 0.912 bits per heavy atom. The lowest BCUT2D eigenvalue weighted by Crippen LogP contribution is -2.46. The molecule has 0 aliphatic carbocycles. The van der Waals surface area contributed by atoms with Crippen molar-refractivity contribution >= 4 is 37.5 Å². The van der Waals surface area contributed by atoms with E-state index in [1.807, 2.05) is 29.7 Å². The SMILES string of the molecule is CCc1nc2ccc(P)cn2c1C(=O)NCc1ccc(N2CCN(c3ccccc3)CC2)cc1. The molecule has 0 radical (unpaired) electrons. The normalized spacial score (nSPS) is 13.9. The number of nitrogens with one attached hydrogen (secondary N) is 1. The van der Waals surface area contributed by atoms with Gasteiger partial charge in [-0.3, -0.25) is 9.20 Å². The van der Waals surface area contributed by atoms with Crippen molar-refractivity contribution in [1.82, 2.24) is 14.7 Å². The fraction of sp³-hybridized carbons (Fsp3) is 0.259. The lowest BCUT2D eigenvalue weighted by molar-refractivity contribution is 0.0944. The minimum atomic E-state index is -0.0962. The van der Waals surface area contributed by atoms with Crippen LogP contribution in [0, 0.1) is 0 Å². The topological polar surface area (TPSA) is 52.9 Å². The van der Waals surface area contributed by atoms with Gasteiger partial charge in [0.2, 0.25) is 0 Å². The van der Waals surface area contributed by atoms with Gasteiger partial charge in [-0.15, -0.1) is 9.24 Å². The molecule has 1 N–H and O–H groups in total. The highest BCUT2D eigenvalue weighted by molar-refractivity contribution is 7.27. The minimum absolute atomic E-state index is 0.0962. The van der Waals surface area contributed by atoms with Gasteiger partial charge in [0.15, 0.2) is 0 Å². The lowest BCUT2D eigenvalue weighted by atomic mass is 10.1. The highest BCUT2D eigenvalue weighted by Crippen LogP contribution is 2.21. The van der Waals surface area contributed by atoms with E-state index in [0.29, 0.717) is 18.7 Å². The largest absolute Gasteiger partial charge is 0.368 e. The number of para-hydroxylation sites is 1. The van der Waals surface area contributed by atoms with E-state index < -0.39 is 0 Å². The van der Waals surface area contributed by atoms with Gasteiger partial charge >= 0.3 is 0 Å². The summed E-state index contributed by atoms with van der Waals surface area (Å²) in [5, 5.41) is 4.10. The molecule has 0 saturated carbocycles. The predicted octanol–water partition coefficient (Wildman–Crippen LogP) is 3.65. The number of imidazole rings is 1. The van der Waals surface area contributed by atoms with Crippen LogP contribution in [0.25, 0.3) is 5.65 Å². The van der Waals surface area contributed by atoms with Gasteiger partial charge in [-0.2, -0.15) is 0 Å². The first kappa shape index (κ1) is 22.4. The van der Waals surface area contributed by atoms with E-state index in [4.69, 9.17) is 0 Å². The van der Waals surface area contributed by atoms with Crippen LogP contribution in [0.1, 0.15) is 28.7 Å². The van der Waals surface area contributed by atoms with Gasteiger partial charge in [0, 0.05) is 50.3 Å². The highest BCUT2D eigenvalue weighted by Gasteiger charge is 2.19. The summed E-state index contributed by atoms with van der Waals surface area (Å²) in [5.74, 6) is -0.0962. The Balaban J connectivity index is 1.21. The Morgan fingerprint density at radius 3 is 2.21 bits per heavy atom. The van der Waals surface area contributed by atoms with Crippen molar-refractivity contribution in [3.05, 3.63) is 89.9 Å². The number of carbonyl (C=O) groups is 1. The Hall–Kier alpha value is -3.37. The van der Waals surface area contributed by atoms with E-state index in [1.165, 1.54) is 11.4 Å². The number of hydrogen-bond acceptors (Lipinski definition) is 4. The molecule has 1 aliphatic rings. The standard InChI is InChI=1S/C27H30N5OP/c1-2-24-26(32-19-23(34)12-13-25(32)29-24)27(33)28-18-20-8-10-22(11-9-20)31-16-14-30(15-17-31)21-6-4-3-5-7-21/h3-13,19H,2,14-18,34H2,1H3,(H,28,33). The van der Waals surface area contributed by atoms with Gasteiger partial charge in [-0.25, -0.2) is 4.98 Å². The summed E-state index contributed by atoms with van der Waals surface area (Å²) in [6.07, 6.45) is 2.65. The average Bonchev–Trinajstić information content (AvgIpc) is 3.26. The van der Waals surface area contributed by atoms with E-state index in [1.54, 1.807) is 0 Å². The zero-order valence-corrected chi connectivity index (χ0v) is 20.6. The molecule has 5 rings (SSSR count). The smallest absolute Gasteiger partial charge is 0.270 e. The summed E-state index contributed by atoms with van der Waals surface area (Å²) >= 11 is 0. The molecule has 1 atom stereocenters. The Labute approximate surface area is 202 Å². The monoisotopic (exact) mass is 471 g/mol. The van der Waals surface area contributed by atoms with Crippen molar-refractivity contribution in [2.45, 2.75) is 19.9 Å². The molecule has 174 valence electrons. The number of anilines is 2. The first-order chi connectivity index (χ1) is 16.6. The molecular formula is C27H30N5OP. The molecule has 1 unspecified atom stereocenters. The summed E-state index contributed by atoms with van der Waals surface area (Å²) in [7, 11) is 2.68. The van der Waals surface area contributed by atoms with E-state index in [9.17, 15) is 4.79 Å². The van der Waals surface area contributed by atoms with Gasteiger partial charge in [0.05, 0.1) is 5.69 Å². The molecule has 1 fully saturated rings. The van der Waals surface area contributed by atoms with Gasteiger partial charge in [0.1, 0.15) is 11.3 Å². The van der Waals surface area contributed by atoms with Crippen LogP contribution >= 0.6 is 9.24 Å². The number of benzene rings is 2. The summed E-state index contributed by atoms with van der Waals surface area (Å²) in [6, 6.07) is 23.1. The highest BCUT2D eigenvalue weighted by atomic mass is 31.0. The minimum Gasteiger partial charge on any atom is -0.368 e. The van der Waals surface area contributed by atoms with Crippen molar-refractivity contribution in [3.8, 4) is 0 Å². The fourth-order valence-corrected chi connectivity index (χ4v) is 4.79. The summed E-state index contributed by atoms with van der Waals surface area (Å²) in [5.41, 5.74) is 5.83. The third-order valence-corrected chi connectivity index (χ3v) is 6.76. The summed E-state index contributed by atoms with van der Waals surface area (Å²) in [6.45, 7) is 6.53. The van der Waals surface area contributed by atoms with E-state index in [-0.39, 0.29) is 5.91 Å². The number of amides is 1. The Morgan fingerprint density at radius 2 is 1.56 bits per heavy atom. The van der Waals surface area contributed by atoms with Gasteiger partial charge in [0.25, 0.3) is 5.91 Å². The molecule has 3 heterocycles. The Kier molecular flexibility index (Phi) is 6.50. The second-order valence-electron chi connectivity index (χ2n) is 8.61. The van der Waals surface area contributed by atoms with Crippen LogP contribution in [0.4, 0.5) is 11.4 Å². The molecule has 1 saturated heterocycles. The Bertz CT molecular complexity index is 1280. The molecule has 1 aliphatic heterocycles. The van der Waals surface area contributed by atoms with E-state index in [0.717, 1.165) is 48.4 Å². The number of piperazine rings is 1. The molecule has 0 bridgehead atoms. The first-order valence-corrected chi connectivity index (χ1v) is 12.4. The number of aryl methyl sites for hydroxylation is 1. The molecule has 34 heavy (non-hydrogen) atoms. The van der Waals surface area contributed by atoms with Crippen molar-refractivity contribution in [2.24, 2.45) is 0 Å². The van der Waals surface area contributed by atoms with Gasteiger partial charge < -0.3 is 15.1 Å². The maximum Gasteiger partial charge on any atom is 0.270 e. The number of hydrogen-bond donors (Lipinski definition) is 1. The zero-order valence-electron chi connectivity index (χ0n) is 19.4. The predicted molar refractivity (Wildman–Crippen MR) is 142 cm³/mol. The second-order valence-corrected chi connectivity index (χ2v) is 9.28. The molecular weight excluding hydrogens is 441 g/mol. The zero-order chi connectivity index (χ0) is 23.5. The van der Waals surface area contributed by atoms with Gasteiger partial charge in [-0.1, -0.05) is 37.3 Å². The fourth-order valence-electron chi connectivity index (χ4n) is 4.55. The second kappa shape index (κ2) is 9.86. The number of carbonyl (C=O) groups excluding carboxylic acids is 1. The van der Waals surface area contributed by atoms with Crippen LogP contribution in [-0.2, 0) is 13.0 Å². The first-order valence-electron chi connectivity index (χ1n) is 11.8. The molecule has 1 amide bonds. The van der Waals surface area contributed by atoms with Crippen LogP contribution in [0.15, 0.2) is 72.9 Å². The maximum absolute atomic E-state index is 13.1. The molecule has 2 aromatic carbocycles. The molecule has 6 nitrogen and oxygen atoms in total. The molecule has 0 spiro atoms. The van der Waals surface area contributed by atoms with E-state index >= 15 is 0 Å². The average molecular weight is 472 g/mol. The number of fused-ring (bicyclic) bond motifs is 1. The van der Waals surface area contributed by atoms with Crippen molar-refractivity contribution in [3.63, 3.8) is 0 Å². The summed E-state index contributed by atoms with van der Waals surface area (Å²) in [4.78, 5) is 22.5. The van der Waals surface area contributed by atoms with Gasteiger partial charge in [-0.05, 0) is 53.7 Å². The summed E-state index contributed by atoms with van der Waals surface area (Å²) < 4.78 is 1.88. The van der Waals surface area contributed by atoms with Crippen LogP contribution in [-0.4, -0.2) is 41.5 Å². The molecule has 4 aromatic rings. The number of rotatable bonds is 6. The van der Waals surface area contributed by atoms with Crippen molar-refractivity contribution in [1.29, 1.82) is 0 Å². The third kappa shape index (κ3) is 4.64. The molecule has 2 aromatic heterocycles. The maximum atomic E-state index is 13.1. The van der Waals surface area contributed by atoms with Crippen LogP contribution in [0.3, 0.4) is 0 Å². The van der Waals surface area contributed by atoms with Crippen LogP contribution in [0.2, 0.25) is 0 Å². The lowest BCUT2D eigenvalue weighted by Gasteiger charge is -2.37. The number of aromatic nitrogens is 2.